The van der Waals surface area contributed by atoms with Crippen molar-refractivity contribution >= 4 is 6.08 Å². The number of rotatable bonds is 3. The average Bonchev–Trinajstić information content (AvgIpc) is 2.74. The van der Waals surface area contributed by atoms with Gasteiger partial charge in [-0.15, -0.1) is 0 Å². The number of nitrogens with two attached hydrogens (primary N) is 1. The van der Waals surface area contributed by atoms with Crippen LogP contribution in [0.5, 0.6) is 0 Å². The molecule has 0 aromatic heterocycles. The van der Waals surface area contributed by atoms with Crippen LogP contribution in [0.2, 0.25) is 0 Å². The lowest BCUT2D eigenvalue weighted by molar-refractivity contribution is 0.411. The molecule has 1 aromatic rings. The van der Waals surface area contributed by atoms with E-state index in [2.05, 4.69) is 42.3 Å². The summed E-state index contributed by atoms with van der Waals surface area (Å²) in [7, 11) is 2.19. The second kappa shape index (κ2) is 5.28. The molecule has 1 aromatic carbocycles. The molecule has 1 atom stereocenters. The topological polar surface area (TPSA) is 29.3 Å². The molecule has 16 heavy (non-hydrogen) atoms. The van der Waals surface area contributed by atoms with Crippen LogP contribution in [0.15, 0.2) is 30.3 Å². The molecular formula is C14H20N2. The zero-order chi connectivity index (χ0) is 11.4. The van der Waals surface area contributed by atoms with Gasteiger partial charge in [0, 0.05) is 13.1 Å². The molecule has 86 valence electrons. The normalized spacial score (nSPS) is 22.0. The fourth-order valence-corrected chi connectivity index (χ4v) is 2.29. The molecule has 0 bridgehead atoms. The molecule has 0 amide bonds. The van der Waals surface area contributed by atoms with Crippen LogP contribution in [-0.4, -0.2) is 31.6 Å². The highest BCUT2D eigenvalue weighted by Crippen LogP contribution is 2.26. The maximum atomic E-state index is 5.43. The predicted octanol–water partition coefficient (Wildman–Crippen LogP) is 2.08. The fourth-order valence-electron chi connectivity index (χ4n) is 2.29. The van der Waals surface area contributed by atoms with Gasteiger partial charge in [0.05, 0.1) is 0 Å². The molecule has 0 saturated carbocycles. The quantitative estimate of drug-likeness (QED) is 0.838. The second-order valence-electron chi connectivity index (χ2n) is 4.55. The van der Waals surface area contributed by atoms with Crippen LogP contribution in [0.4, 0.5) is 0 Å². The summed E-state index contributed by atoms with van der Waals surface area (Å²) in [5.41, 5.74) is 8.13. The Kier molecular flexibility index (Phi) is 3.75. The third-order valence-corrected chi connectivity index (χ3v) is 3.25. The number of hydrogen-bond donors (Lipinski definition) is 1. The first-order valence-corrected chi connectivity index (χ1v) is 5.94. The SMILES string of the molecule is CN1CCC(c2ccc(/C=C/CN)cc2)C1. The van der Waals surface area contributed by atoms with Gasteiger partial charge in [-0.25, -0.2) is 0 Å². The smallest absolute Gasteiger partial charge is 0.0110 e. The summed E-state index contributed by atoms with van der Waals surface area (Å²) >= 11 is 0. The molecule has 2 nitrogen and oxygen atoms in total. The Morgan fingerprint density at radius 1 is 1.38 bits per heavy atom. The van der Waals surface area contributed by atoms with E-state index in [4.69, 9.17) is 5.73 Å². The fraction of sp³-hybridized carbons (Fsp3) is 0.429. The molecule has 1 aliphatic rings. The Morgan fingerprint density at radius 2 is 2.12 bits per heavy atom. The van der Waals surface area contributed by atoms with Gasteiger partial charge in [0.2, 0.25) is 0 Å². The summed E-state index contributed by atoms with van der Waals surface area (Å²) in [6.07, 6.45) is 5.34. The number of likely N-dealkylation sites (tertiary alicyclic amines) is 1. The van der Waals surface area contributed by atoms with Crippen molar-refractivity contribution in [3.63, 3.8) is 0 Å². The first-order chi connectivity index (χ1) is 7.79. The van der Waals surface area contributed by atoms with Gasteiger partial charge in [-0.3, -0.25) is 0 Å². The molecular weight excluding hydrogens is 196 g/mol. The van der Waals surface area contributed by atoms with Crippen molar-refractivity contribution in [1.29, 1.82) is 0 Å². The first kappa shape index (κ1) is 11.4. The number of benzene rings is 1. The molecule has 1 aliphatic heterocycles. The van der Waals surface area contributed by atoms with Crippen LogP contribution in [0.25, 0.3) is 6.08 Å². The van der Waals surface area contributed by atoms with E-state index in [9.17, 15) is 0 Å². The Bertz CT molecular complexity index is 354. The minimum Gasteiger partial charge on any atom is -0.327 e. The van der Waals surface area contributed by atoms with Crippen molar-refractivity contribution < 1.29 is 0 Å². The summed E-state index contributed by atoms with van der Waals surface area (Å²) < 4.78 is 0. The van der Waals surface area contributed by atoms with E-state index in [0.29, 0.717) is 6.54 Å². The third-order valence-electron chi connectivity index (χ3n) is 3.25. The highest BCUT2D eigenvalue weighted by Gasteiger charge is 2.20. The highest BCUT2D eigenvalue weighted by atomic mass is 15.1. The summed E-state index contributed by atoms with van der Waals surface area (Å²) in [4.78, 5) is 2.40. The van der Waals surface area contributed by atoms with E-state index in [1.807, 2.05) is 6.08 Å². The molecule has 1 unspecified atom stereocenters. The molecule has 0 spiro atoms. The van der Waals surface area contributed by atoms with Gasteiger partial charge < -0.3 is 10.6 Å². The van der Waals surface area contributed by atoms with Crippen molar-refractivity contribution in [2.24, 2.45) is 5.73 Å². The van der Waals surface area contributed by atoms with Gasteiger partial charge in [-0.2, -0.15) is 0 Å². The van der Waals surface area contributed by atoms with Crippen LogP contribution < -0.4 is 5.73 Å². The number of nitrogens with zero attached hydrogens (tertiary/aromatic N) is 1. The van der Waals surface area contributed by atoms with Crippen molar-refractivity contribution in [2.75, 3.05) is 26.7 Å². The predicted molar refractivity (Wildman–Crippen MR) is 69.4 cm³/mol. The minimum atomic E-state index is 0.606. The monoisotopic (exact) mass is 216 g/mol. The Balaban J connectivity index is 2.04. The van der Waals surface area contributed by atoms with E-state index < -0.39 is 0 Å². The van der Waals surface area contributed by atoms with Crippen LogP contribution in [0.3, 0.4) is 0 Å². The first-order valence-electron chi connectivity index (χ1n) is 5.94. The van der Waals surface area contributed by atoms with Gasteiger partial charge in [0.1, 0.15) is 0 Å². The molecule has 1 heterocycles. The van der Waals surface area contributed by atoms with Crippen LogP contribution in [-0.2, 0) is 0 Å². The number of hydrogen-bond acceptors (Lipinski definition) is 2. The average molecular weight is 216 g/mol. The summed E-state index contributed by atoms with van der Waals surface area (Å²) in [5.74, 6) is 0.720. The largest absolute Gasteiger partial charge is 0.327 e. The van der Waals surface area contributed by atoms with E-state index in [0.717, 1.165) is 5.92 Å². The summed E-state index contributed by atoms with van der Waals surface area (Å²) in [6, 6.07) is 8.86. The molecule has 2 rings (SSSR count). The van der Waals surface area contributed by atoms with Crippen molar-refractivity contribution in [2.45, 2.75) is 12.3 Å². The lowest BCUT2D eigenvalue weighted by Crippen LogP contribution is -2.13. The minimum absolute atomic E-state index is 0.606. The van der Waals surface area contributed by atoms with Crippen molar-refractivity contribution in [3.05, 3.63) is 41.5 Å². The molecule has 2 N–H and O–H groups in total. The van der Waals surface area contributed by atoms with Gasteiger partial charge >= 0.3 is 0 Å². The molecule has 0 aliphatic carbocycles. The van der Waals surface area contributed by atoms with Crippen molar-refractivity contribution in [1.82, 2.24) is 4.90 Å². The van der Waals surface area contributed by atoms with Crippen molar-refractivity contribution in [3.8, 4) is 0 Å². The maximum Gasteiger partial charge on any atom is 0.0110 e. The van der Waals surface area contributed by atoms with E-state index >= 15 is 0 Å². The van der Waals surface area contributed by atoms with Crippen LogP contribution in [0.1, 0.15) is 23.5 Å². The zero-order valence-electron chi connectivity index (χ0n) is 9.89. The second-order valence-corrected chi connectivity index (χ2v) is 4.55. The van der Waals surface area contributed by atoms with Crippen LogP contribution >= 0.6 is 0 Å². The molecule has 1 saturated heterocycles. The standard InChI is InChI=1S/C14H20N2/c1-16-10-8-14(11-16)13-6-4-12(5-7-13)3-2-9-15/h2-7,14H,8-11,15H2,1H3/b3-2+. The van der Waals surface area contributed by atoms with E-state index in [-0.39, 0.29) is 0 Å². The third kappa shape index (κ3) is 2.71. The summed E-state index contributed by atoms with van der Waals surface area (Å²) in [5, 5.41) is 0. The highest BCUT2D eigenvalue weighted by molar-refractivity contribution is 5.50. The van der Waals surface area contributed by atoms with E-state index in [1.54, 1.807) is 0 Å². The zero-order valence-corrected chi connectivity index (χ0v) is 9.89. The lowest BCUT2D eigenvalue weighted by Gasteiger charge is -2.10. The lowest BCUT2D eigenvalue weighted by atomic mass is 9.97. The Hall–Kier alpha value is -1.12. The molecule has 2 heteroatoms. The molecule has 1 fully saturated rings. The Morgan fingerprint density at radius 3 is 2.69 bits per heavy atom. The van der Waals surface area contributed by atoms with E-state index in [1.165, 1.54) is 30.6 Å². The molecule has 0 radical (unpaired) electrons. The number of likely N-dealkylation sites (N-methyl/N-ethyl adjacent to an activating group) is 1. The summed E-state index contributed by atoms with van der Waals surface area (Å²) in [6.45, 7) is 3.02. The van der Waals surface area contributed by atoms with Gasteiger partial charge in [-0.1, -0.05) is 36.4 Å². The van der Waals surface area contributed by atoms with Gasteiger partial charge in [0.25, 0.3) is 0 Å². The van der Waals surface area contributed by atoms with Gasteiger partial charge in [-0.05, 0) is 37.1 Å². The van der Waals surface area contributed by atoms with Gasteiger partial charge in [0.15, 0.2) is 0 Å². The maximum absolute atomic E-state index is 5.43. The van der Waals surface area contributed by atoms with Crippen LogP contribution in [0, 0.1) is 0 Å². The Labute approximate surface area is 97.8 Å².